The van der Waals surface area contributed by atoms with Crippen LogP contribution in [0.25, 0.3) is 0 Å². The zero-order valence-corrected chi connectivity index (χ0v) is 46.7. The van der Waals surface area contributed by atoms with Crippen molar-refractivity contribution in [2.75, 3.05) is 55.8 Å². The van der Waals surface area contributed by atoms with Gasteiger partial charge in [-0.25, -0.2) is 21.4 Å². The minimum Gasteiger partial charge on any atom is -0.748 e. The van der Waals surface area contributed by atoms with E-state index in [9.17, 15) is 76.4 Å². The van der Waals surface area contributed by atoms with Crippen LogP contribution in [0.4, 0.5) is 11.4 Å². The van der Waals surface area contributed by atoms with Gasteiger partial charge in [0.25, 0.3) is 11.8 Å². The largest absolute Gasteiger partial charge is 1.00 e. The maximum absolute atomic E-state index is 12.6. The molecule has 12 N–H and O–H groups in total. The van der Waals surface area contributed by atoms with Crippen LogP contribution in [-0.2, 0) is 31.1 Å². The Labute approximate surface area is 457 Å². The van der Waals surface area contributed by atoms with Crippen LogP contribution in [0.5, 0.6) is 0 Å². The third-order valence-electron chi connectivity index (χ3n) is 11.7. The van der Waals surface area contributed by atoms with Crippen molar-refractivity contribution in [1.82, 2.24) is 10.6 Å². The van der Waals surface area contributed by atoms with Gasteiger partial charge in [0.15, 0.2) is 6.21 Å². The molecule has 4 rings (SSSR count). The smallest absolute Gasteiger partial charge is 0.748 e. The monoisotopic (exact) mass is 1100 g/mol. The number of hydrogen-bond donors (Lipinski definition) is 12. The van der Waals surface area contributed by atoms with Gasteiger partial charge < -0.3 is 75.7 Å². The fourth-order valence-corrected chi connectivity index (χ4v) is 8.66. The normalized spacial score (nSPS) is 17.2. The molecule has 0 aromatic heterocycles. The summed E-state index contributed by atoms with van der Waals surface area (Å²) in [6.07, 6.45) is -10.1. The maximum atomic E-state index is 12.6. The van der Waals surface area contributed by atoms with E-state index in [4.69, 9.17) is 10.2 Å². The van der Waals surface area contributed by atoms with Gasteiger partial charge in [-0.05, 0) is 69.0 Å². The number of aliphatic hydroxyl groups excluding tert-OH is 10. The molecule has 22 nitrogen and oxygen atoms in total. The molecule has 2 amide bonds. The van der Waals surface area contributed by atoms with E-state index < -0.39 is 130 Å². The van der Waals surface area contributed by atoms with Crippen molar-refractivity contribution >= 4 is 49.6 Å². The number of rotatable bonds is 24. The van der Waals surface area contributed by atoms with E-state index in [1.165, 1.54) is 0 Å². The molecule has 2 aromatic rings. The summed E-state index contributed by atoms with van der Waals surface area (Å²) in [7, 11) is -8.51. The molecule has 8 atom stereocenters. The van der Waals surface area contributed by atoms with Crippen LogP contribution < -0.4 is 45.1 Å². The number of nitrogens with zero attached hydrogens (tertiary/aromatic N) is 2. The second kappa shape index (κ2) is 33.4. The van der Waals surface area contributed by atoms with Crippen LogP contribution in [0.15, 0.2) is 88.1 Å². The predicted octanol–water partition coefficient (Wildman–Crippen LogP) is -3.62. The van der Waals surface area contributed by atoms with Gasteiger partial charge in [-0.15, -0.1) is 39.5 Å². The van der Waals surface area contributed by atoms with Crippen molar-refractivity contribution in [1.29, 1.82) is 0 Å². The third kappa shape index (κ3) is 21.7. The molecule has 0 radical (unpaired) electrons. The van der Waals surface area contributed by atoms with Gasteiger partial charge in [-0.1, -0.05) is 20.4 Å². The number of anilines is 1. The van der Waals surface area contributed by atoms with E-state index in [-0.39, 0.29) is 48.0 Å². The van der Waals surface area contributed by atoms with Crippen LogP contribution in [0.1, 0.15) is 85.2 Å². The second-order valence-electron chi connectivity index (χ2n) is 17.7. The molecular weight excluding hydrogens is 1020 g/mol. The number of nitrogens with one attached hydrogen (secondary N) is 2. The molecule has 4 unspecified atom stereocenters. The molecule has 25 heteroatoms. The molecular formula is C49H77N4NaO18S2. The van der Waals surface area contributed by atoms with Gasteiger partial charge in [-0.2, -0.15) is 0 Å². The molecule has 74 heavy (non-hydrogen) atoms. The molecule has 0 spiro atoms. The van der Waals surface area contributed by atoms with Gasteiger partial charge >= 0.3 is 29.6 Å². The van der Waals surface area contributed by atoms with E-state index in [1.807, 2.05) is 43.4 Å². The second-order valence-corrected chi connectivity index (χ2v) is 20.7. The number of amides is 2. The van der Waals surface area contributed by atoms with Crippen molar-refractivity contribution in [3.05, 3.63) is 110 Å². The Kier molecular flexibility index (Phi) is 32.6. The molecule has 2 aliphatic heterocycles. The average Bonchev–Trinajstić information content (AvgIpc) is 3.73. The van der Waals surface area contributed by atoms with Crippen molar-refractivity contribution in [3.8, 4) is 0 Å². The van der Waals surface area contributed by atoms with Crippen molar-refractivity contribution in [3.63, 3.8) is 0 Å². The van der Waals surface area contributed by atoms with E-state index in [0.29, 0.717) is 31.5 Å². The van der Waals surface area contributed by atoms with Gasteiger partial charge in [0.1, 0.15) is 43.2 Å². The molecule has 0 saturated carbocycles. The minimum absolute atomic E-state index is 0. The Morgan fingerprint density at radius 1 is 0.635 bits per heavy atom. The molecule has 2 aliphatic rings. The summed E-state index contributed by atoms with van der Waals surface area (Å²) in [6, 6.07) is 10.0. The summed E-state index contributed by atoms with van der Waals surface area (Å²) in [5, 5.41) is 100. The topological polar surface area (TPSA) is 381 Å². The first-order valence-corrected chi connectivity index (χ1v) is 26.1. The first-order valence-electron chi connectivity index (χ1n) is 23.0. The molecule has 414 valence electrons. The summed E-state index contributed by atoms with van der Waals surface area (Å²) in [6.45, 7) is 28.5. The number of aliphatic hydroxyl groups is 10. The van der Waals surface area contributed by atoms with E-state index in [1.54, 1.807) is 36.4 Å². The number of allylic oxidation sites excluding steroid dienone is 1. The van der Waals surface area contributed by atoms with Crippen molar-refractivity contribution in [2.45, 2.75) is 113 Å². The average molecular weight is 1100 g/mol. The molecule has 0 saturated heterocycles. The minimum atomic E-state index is -4.27. The summed E-state index contributed by atoms with van der Waals surface area (Å²) < 4.78 is 66.7. The van der Waals surface area contributed by atoms with Crippen LogP contribution in [0, 0.1) is 0 Å². The van der Waals surface area contributed by atoms with Crippen LogP contribution in [-0.4, -0.2) is 199 Å². The fourth-order valence-electron chi connectivity index (χ4n) is 7.54. The summed E-state index contributed by atoms with van der Waals surface area (Å²) in [5.41, 5.74) is 3.81. The number of carbonyl (C=O) groups is 2. The van der Waals surface area contributed by atoms with Gasteiger partial charge in [0.2, 0.25) is 5.69 Å². The van der Waals surface area contributed by atoms with Crippen LogP contribution in [0.2, 0.25) is 0 Å². The number of benzene rings is 2. The summed E-state index contributed by atoms with van der Waals surface area (Å²) in [5.74, 6) is -1.89. The quantitative estimate of drug-likeness (QED) is 0.0159. The van der Waals surface area contributed by atoms with Crippen molar-refractivity contribution < 1.29 is 121 Å². The van der Waals surface area contributed by atoms with Gasteiger partial charge in [-0.3, -0.25) is 9.59 Å². The van der Waals surface area contributed by atoms with Crippen molar-refractivity contribution in [2.24, 2.45) is 0 Å². The summed E-state index contributed by atoms with van der Waals surface area (Å²) >= 11 is 0. The van der Waals surface area contributed by atoms with E-state index in [0.717, 1.165) is 28.2 Å². The Morgan fingerprint density at radius 2 is 1.03 bits per heavy atom. The zero-order valence-electron chi connectivity index (χ0n) is 43.0. The Bertz CT molecular complexity index is 2350. The third-order valence-corrected chi connectivity index (χ3v) is 13.3. The standard InChI is InChI=1S/C22H34N2O9S.C21H32N2O9S.3C2H4.Na/c1-13-22(2,3)15-10-14(6-7-16(15)24(13)8-4-5-9-34(31,32)33)21(30)23-11-17(26)19(28)20(29)18(27)12-25;1-21(2)12-23(7-3-4-8-33(30,31)32)15-6-5-13(9-14(15)21)20(29)22-10-16(25)18(27)19(28)17(26)11-24;3*1-2;/h6-7,10,17-20,25-29H,1,4-5,8-9,11-12H2,2-3H3,(H,23,30)(H,31,32,33);5-6,9,12,16-19,24-28H,3-4,7-8,10-11H2,1-2H3,(H-,22,29,30,31,32);3*1-2H2;/q;;;;;+1/p-1/t17?,18-,19?,20?;16-,17?,18+,19+;;;;/m10..../s1. The first-order chi connectivity index (χ1) is 34.0. The Hall–Kier alpha value is -3.77. The molecule has 0 aliphatic carbocycles. The van der Waals surface area contributed by atoms with Gasteiger partial charge in [0.05, 0.1) is 51.1 Å². The fraction of sp³-hybridized carbons (Fsp3) is 0.531. The number of hydrogen-bond acceptors (Lipinski definition) is 19. The SMILES string of the molecule is C=C.C=C.C=C.C=C1N(CCCCS(=O)(=O)[O-])c2ccc(C(=O)NCC(O)C(O)C(O)[C@H](O)CO)cc2C1(C)C.CC1(C)C=[N+](CCCCS(=O)(=O)[O-])c2ccc(C(=O)NC[C@H](O)[C@@H](O)[C@H](O)C(O)CO)cc21.[Na+]. The molecule has 0 bridgehead atoms. The number of unbranched alkanes of at least 4 members (excludes halogenated alkanes) is 2. The molecule has 0 fully saturated rings. The predicted molar refractivity (Wildman–Crippen MR) is 275 cm³/mol. The van der Waals surface area contributed by atoms with Crippen LogP contribution in [0.3, 0.4) is 0 Å². The number of fused-ring (bicyclic) bond motifs is 2. The van der Waals surface area contributed by atoms with E-state index >= 15 is 0 Å². The Balaban J connectivity index is 0. The summed E-state index contributed by atoms with van der Waals surface area (Å²) in [4.78, 5) is 27.1. The molecule has 2 aromatic carbocycles. The van der Waals surface area contributed by atoms with E-state index in [2.05, 4.69) is 56.7 Å². The Morgan fingerprint density at radius 3 is 1.45 bits per heavy atom. The zero-order chi connectivity index (χ0) is 56.8. The van der Waals surface area contributed by atoms with Crippen LogP contribution >= 0.6 is 0 Å². The number of carbonyl (C=O) groups excluding carboxylic acids is 2. The first kappa shape index (κ1) is 72.3. The maximum Gasteiger partial charge on any atom is 1.00 e. The van der Waals surface area contributed by atoms with Gasteiger partial charge in [0, 0.05) is 77.1 Å². The molecule has 2 heterocycles.